The molecule has 0 saturated carbocycles. The van der Waals surface area contributed by atoms with Crippen molar-refractivity contribution in [2.75, 3.05) is 18.4 Å². The van der Waals surface area contributed by atoms with Crippen LogP contribution in [0.3, 0.4) is 0 Å². The minimum Gasteiger partial charge on any atom is -0.476 e. The Balaban J connectivity index is 1.91. The standard InChI is InChI=1S/C13H20N4O4S/c1-9(2)22(20,21)17-5-3-10(4-6-17)16-12-8-14-11(7-15-12)13(18)19/h7-10H,3-6H2,1-2H3,(H,15,16)(H,18,19). The van der Waals surface area contributed by atoms with Crippen molar-refractivity contribution in [3.05, 3.63) is 18.1 Å². The second-order valence-corrected chi connectivity index (χ2v) is 7.99. The van der Waals surface area contributed by atoms with E-state index in [0.29, 0.717) is 31.7 Å². The van der Waals surface area contributed by atoms with Crippen molar-refractivity contribution in [3.8, 4) is 0 Å². The van der Waals surface area contributed by atoms with Crippen LogP contribution in [0.4, 0.5) is 5.82 Å². The third kappa shape index (κ3) is 3.72. The molecule has 0 aromatic carbocycles. The van der Waals surface area contributed by atoms with Crippen LogP contribution in [-0.2, 0) is 10.0 Å². The number of aromatic carboxylic acids is 1. The molecule has 122 valence electrons. The third-order valence-electron chi connectivity index (χ3n) is 3.63. The highest BCUT2D eigenvalue weighted by molar-refractivity contribution is 7.89. The first-order valence-corrected chi connectivity index (χ1v) is 8.62. The van der Waals surface area contributed by atoms with Crippen LogP contribution in [0.15, 0.2) is 12.4 Å². The molecule has 0 unspecified atom stereocenters. The fourth-order valence-electron chi connectivity index (χ4n) is 2.27. The van der Waals surface area contributed by atoms with E-state index in [1.807, 2.05) is 0 Å². The average Bonchev–Trinajstić information content (AvgIpc) is 2.48. The van der Waals surface area contributed by atoms with Gasteiger partial charge in [0, 0.05) is 19.1 Å². The van der Waals surface area contributed by atoms with Gasteiger partial charge in [0.05, 0.1) is 17.6 Å². The Hall–Kier alpha value is -1.74. The number of carbonyl (C=O) groups is 1. The maximum atomic E-state index is 12.1. The van der Waals surface area contributed by atoms with Gasteiger partial charge >= 0.3 is 5.97 Å². The lowest BCUT2D eigenvalue weighted by atomic mass is 10.1. The minimum atomic E-state index is -3.20. The van der Waals surface area contributed by atoms with Crippen LogP contribution < -0.4 is 5.32 Å². The normalized spacial score (nSPS) is 17.6. The maximum absolute atomic E-state index is 12.1. The molecule has 2 heterocycles. The summed E-state index contributed by atoms with van der Waals surface area (Å²) in [5.41, 5.74) is -0.108. The summed E-state index contributed by atoms with van der Waals surface area (Å²) in [6.07, 6.45) is 3.92. The molecule has 1 aliphatic rings. The molecule has 0 amide bonds. The van der Waals surface area contributed by atoms with Gasteiger partial charge in [-0.15, -0.1) is 0 Å². The van der Waals surface area contributed by atoms with Crippen LogP contribution >= 0.6 is 0 Å². The van der Waals surface area contributed by atoms with E-state index in [1.54, 1.807) is 13.8 Å². The number of nitrogens with one attached hydrogen (secondary N) is 1. The molecule has 2 N–H and O–H groups in total. The van der Waals surface area contributed by atoms with Gasteiger partial charge in [-0.05, 0) is 26.7 Å². The summed E-state index contributed by atoms with van der Waals surface area (Å²) in [5.74, 6) is -0.624. The van der Waals surface area contributed by atoms with Crippen molar-refractivity contribution in [2.24, 2.45) is 0 Å². The number of aromatic nitrogens is 2. The Morgan fingerprint density at radius 1 is 1.32 bits per heavy atom. The van der Waals surface area contributed by atoms with Crippen molar-refractivity contribution in [1.29, 1.82) is 0 Å². The van der Waals surface area contributed by atoms with E-state index in [0.717, 1.165) is 0 Å². The van der Waals surface area contributed by atoms with E-state index in [4.69, 9.17) is 5.11 Å². The zero-order chi connectivity index (χ0) is 16.3. The SMILES string of the molecule is CC(C)S(=O)(=O)N1CCC(Nc2cnc(C(=O)O)cn2)CC1. The highest BCUT2D eigenvalue weighted by atomic mass is 32.2. The smallest absolute Gasteiger partial charge is 0.356 e. The Morgan fingerprint density at radius 3 is 2.41 bits per heavy atom. The molecule has 9 heteroatoms. The molecule has 8 nitrogen and oxygen atoms in total. The summed E-state index contributed by atoms with van der Waals surface area (Å²) >= 11 is 0. The van der Waals surface area contributed by atoms with Gasteiger partial charge in [0.25, 0.3) is 0 Å². The molecule has 0 spiro atoms. The first-order chi connectivity index (χ1) is 10.3. The molecular weight excluding hydrogens is 308 g/mol. The number of hydrogen-bond acceptors (Lipinski definition) is 6. The first kappa shape index (κ1) is 16.6. The van der Waals surface area contributed by atoms with Crippen LogP contribution in [-0.4, -0.2) is 58.1 Å². The molecule has 1 fully saturated rings. The fraction of sp³-hybridized carbons (Fsp3) is 0.615. The summed E-state index contributed by atoms with van der Waals surface area (Å²) in [4.78, 5) is 18.5. The van der Waals surface area contributed by atoms with Crippen molar-refractivity contribution in [1.82, 2.24) is 14.3 Å². The quantitative estimate of drug-likeness (QED) is 0.821. The molecule has 22 heavy (non-hydrogen) atoms. The lowest BCUT2D eigenvalue weighted by molar-refractivity contribution is 0.0690. The minimum absolute atomic E-state index is 0.101. The fourth-order valence-corrected chi connectivity index (χ4v) is 3.59. The highest BCUT2D eigenvalue weighted by Crippen LogP contribution is 2.19. The molecule has 0 radical (unpaired) electrons. The van der Waals surface area contributed by atoms with Gasteiger partial charge in [0.1, 0.15) is 5.82 Å². The molecule has 0 bridgehead atoms. The molecule has 0 atom stereocenters. The van der Waals surface area contributed by atoms with E-state index >= 15 is 0 Å². The number of carboxylic acid groups (broad SMARTS) is 1. The van der Waals surface area contributed by atoms with Crippen LogP contribution in [0.2, 0.25) is 0 Å². The summed E-state index contributed by atoms with van der Waals surface area (Å²) in [7, 11) is -3.20. The molecule has 0 aliphatic carbocycles. The van der Waals surface area contributed by atoms with Crippen LogP contribution in [0.25, 0.3) is 0 Å². The summed E-state index contributed by atoms with van der Waals surface area (Å²) in [6.45, 7) is 4.30. The lowest BCUT2D eigenvalue weighted by Crippen LogP contribution is -2.44. The summed E-state index contributed by atoms with van der Waals surface area (Å²) in [6, 6.07) is 0.101. The number of sulfonamides is 1. The van der Waals surface area contributed by atoms with E-state index in [1.165, 1.54) is 16.7 Å². The zero-order valence-electron chi connectivity index (χ0n) is 12.6. The van der Waals surface area contributed by atoms with E-state index in [9.17, 15) is 13.2 Å². The van der Waals surface area contributed by atoms with Crippen LogP contribution in [0.1, 0.15) is 37.2 Å². The number of carboxylic acids is 1. The number of nitrogens with zero attached hydrogens (tertiary/aromatic N) is 3. The number of rotatable bonds is 5. The topological polar surface area (TPSA) is 112 Å². The monoisotopic (exact) mass is 328 g/mol. The number of piperidine rings is 1. The Kier molecular flexibility index (Phi) is 4.97. The third-order valence-corrected chi connectivity index (χ3v) is 5.91. The predicted octanol–water partition coefficient (Wildman–Crippen LogP) is 0.789. The molecule has 2 rings (SSSR count). The Morgan fingerprint density at radius 2 is 1.95 bits per heavy atom. The van der Waals surface area contributed by atoms with Gasteiger partial charge in [-0.25, -0.2) is 27.5 Å². The van der Waals surface area contributed by atoms with Gasteiger partial charge < -0.3 is 10.4 Å². The van der Waals surface area contributed by atoms with Crippen LogP contribution in [0, 0.1) is 0 Å². The second-order valence-electron chi connectivity index (χ2n) is 5.50. The second kappa shape index (κ2) is 6.57. The molecule has 1 aromatic rings. The van der Waals surface area contributed by atoms with E-state index < -0.39 is 21.2 Å². The van der Waals surface area contributed by atoms with Crippen molar-refractivity contribution >= 4 is 21.8 Å². The van der Waals surface area contributed by atoms with Gasteiger partial charge in [0.2, 0.25) is 10.0 Å². The largest absolute Gasteiger partial charge is 0.476 e. The van der Waals surface area contributed by atoms with Gasteiger partial charge in [0.15, 0.2) is 5.69 Å². The lowest BCUT2D eigenvalue weighted by Gasteiger charge is -2.32. The average molecular weight is 328 g/mol. The zero-order valence-corrected chi connectivity index (χ0v) is 13.4. The van der Waals surface area contributed by atoms with Crippen molar-refractivity contribution in [2.45, 2.75) is 38.0 Å². The molecule has 1 saturated heterocycles. The van der Waals surface area contributed by atoms with Crippen LogP contribution in [0.5, 0.6) is 0 Å². The Labute approximate surface area is 129 Å². The highest BCUT2D eigenvalue weighted by Gasteiger charge is 2.30. The van der Waals surface area contributed by atoms with E-state index in [2.05, 4.69) is 15.3 Å². The number of hydrogen-bond donors (Lipinski definition) is 2. The van der Waals surface area contributed by atoms with Gasteiger partial charge in [-0.2, -0.15) is 0 Å². The Bertz CT molecular complexity index is 622. The van der Waals surface area contributed by atoms with Gasteiger partial charge in [-0.3, -0.25) is 0 Å². The summed E-state index contributed by atoms with van der Waals surface area (Å²) in [5, 5.41) is 11.5. The molecule has 1 aromatic heterocycles. The van der Waals surface area contributed by atoms with Crippen molar-refractivity contribution in [3.63, 3.8) is 0 Å². The van der Waals surface area contributed by atoms with Gasteiger partial charge in [-0.1, -0.05) is 0 Å². The predicted molar refractivity (Wildman–Crippen MR) is 81.3 cm³/mol. The number of anilines is 1. The maximum Gasteiger partial charge on any atom is 0.356 e. The first-order valence-electron chi connectivity index (χ1n) is 7.11. The molecular formula is C13H20N4O4S. The summed E-state index contributed by atoms with van der Waals surface area (Å²) < 4.78 is 25.7. The van der Waals surface area contributed by atoms with E-state index in [-0.39, 0.29) is 11.7 Å². The van der Waals surface area contributed by atoms with Crippen molar-refractivity contribution < 1.29 is 18.3 Å². The molecule has 1 aliphatic heterocycles.